The third kappa shape index (κ3) is 2.58. The molecule has 0 radical (unpaired) electrons. The number of hydrogen-bond donors (Lipinski definition) is 1. The van der Waals surface area contributed by atoms with Gasteiger partial charge in [0, 0.05) is 18.3 Å². The van der Waals surface area contributed by atoms with E-state index in [4.69, 9.17) is 9.84 Å². The van der Waals surface area contributed by atoms with Gasteiger partial charge in [-0.25, -0.2) is 0 Å². The number of ketones is 1. The first kappa shape index (κ1) is 15.0. The number of rotatable bonds is 4. The Labute approximate surface area is 118 Å². The average Bonchev–Trinajstić information content (AvgIpc) is 2.60. The third-order valence-electron chi connectivity index (χ3n) is 5.18. The van der Waals surface area contributed by atoms with Crippen molar-refractivity contribution < 1.29 is 24.2 Å². The van der Waals surface area contributed by atoms with Gasteiger partial charge in [0.15, 0.2) is 0 Å². The Balaban J connectivity index is 2.21. The van der Waals surface area contributed by atoms with E-state index in [0.717, 1.165) is 0 Å². The van der Waals surface area contributed by atoms with Crippen LogP contribution in [-0.2, 0) is 19.1 Å². The van der Waals surface area contributed by atoms with E-state index in [9.17, 15) is 14.4 Å². The maximum Gasteiger partial charge on any atom is 0.309 e. The van der Waals surface area contributed by atoms with Crippen molar-refractivity contribution in [2.45, 2.75) is 52.6 Å². The highest BCUT2D eigenvalue weighted by atomic mass is 16.6. The smallest absolute Gasteiger partial charge is 0.309 e. The number of carboxylic acids is 1. The van der Waals surface area contributed by atoms with Crippen LogP contribution in [0.3, 0.4) is 0 Å². The predicted molar refractivity (Wildman–Crippen MR) is 70.9 cm³/mol. The maximum absolute atomic E-state index is 12.0. The number of ether oxygens (including phenoxy) is 1. The molecule has 1 saturated heterocycles. The Morgan fingerprint density at radius 1 is 1.45 bits per heavy atom. The number of hydrogen-bond acceptors (Lipinski definition) is 4. The summed E-state index contributed by atoms with van der Waals surface area (Å²) < 4.78 is 5.41. The van der Waals surface area contributed by atoms with E-state index in [1.165, 1.54) is 0 Å². The van der Waals surface area contributed by atoms with Gasteiger partial charge >= 0.3 is 11.9 Å². The molecule has 2 rings (SSSR count). The van der Waals surface area contributed by atoms with Crippen LogP contribution in [-0.4, -0.2) is 28.9 Å². The highest BCUT2D eigenvalue weighted by Crippen LogP contribution is 2.52. The fourth-order valence-electron chi connectivity index (χ4n) is 3.87. The van der Waals surface area contributed by atoms with E-state index >= 15 is 0 Å². The lowest BCUT2D eigenvalue weighted by atomic mass is 9.59. The number of fused-ring (bicyclic) bond motifs is 1. The van der Waals surface area contributed by atoms with Crippen molar-refractivity contribution in [2.75, 3.05) is 0 Å². The molecule has 0 amide bonds. The molecule has 2 aliphatic rings. The molecule has 2 fully saturated rings. The molecule has 1 aliphatic heterocycles. The van der Waals surface area contributed by atoms with E-state index in [0.29, 0.717) is 19.3 Å². The van der Waals surface area contributed by atoms with Crippen molar-refractivity contribution in [1.29, 1.82) is 0 Å². The standard InChI is InChI=1S/C15H22O5/c1-8-10-6-11(9(2)16)15(3,5-4-13(17)18)7-12(10)20-14(8)19/h8,10-12H,4-7H2,1-3H3,(H,17,18)/t8-,10-,11+,12-,15-/m1/s1. The summed E-state index contributed by atoms with van der Waals surface area (Å²) in [6.45, 7) is 5.37. The van der Waals surface area contributed by atoms with Crippen LogP contribution >= 0.6 is 0 Å². The molecular weight excluding hydrogens is 260 g/mol. The first-order chi connectivity index (χ1) is 9.24. The highest BCUT2D eigenvalue weighted by Gasteiger charge is 2.53. The number of esters is 1. The van der Waals surface area contributed by atoms with Gasteiger partial charge in [0.25, 0.3) is 0 Å². The summed E-state index contributed by atoms with van der Waals surface area (Å²) in [5.74, 6) is -1.21. The van der Waals surface area contributed by atoms with Crippen molar-refractivity contribution >= 4 is 17.7 Å². The minimum Gasteiger partial charge on any atom is -0.481 e. The lowest BCUT2D eigenvalue weighted by Gasteiger charge is -2.44. The number of carboxylic acid groups (broad SMARTS) is 1. The molecule has 112 valence electrons. The van der Waals surface area contributed by atoms with Crippen molar-refractivity contribution in [3.63, 3.8) is 0 Å². The van der Waals surface area contributed by atoms with Gasteiger partial charge in [0.05, 0.1) is 5.92 Å². The summed E-state index contributed by atoms with van der Waals surface area (Å²) in [6.07, 6.45) is 1.55. The number of carbonyl (C=O) groups excluding carboxylic acids is 2. The third-order valence-corrected chi connectivity index (χ3v) is 5.18. The number of aliphatic carboxylic acids is 1. The average molecular weight is 282 g/mol. The Hall–Kier alpha value is -1.39. The monoisotopic (exact) mass is 282 g/mol. The van der Waals surface area contributed by atoms with Crippen LogP contribution in [0, 0.1) is 23.2 Å². The number of Topliss-reactive ketones (excluding diaryl/α,β-unsaturated/α-hetero) is 1. The molecule has 0 unspecified atom stereocenters. The van der Waals surface area contributed by atoms with Crippen molar-refractivity contribution in [3.05, 3.63) is 0 Å². The zero-order valence-corrected chi connectivity index (χ0v) is 12.2. The van der Waals surface area contributed by atoms with Crippen LogP contribution in [0.1, 0.15) is 46.5 Å². The van der Waals surface area contributed by atoms with E-state index in [-0.39, 0.29) is 42.0 Å². The molecule has 0 spiro atoms. The lowest BCUT2D eigenvalue weighted by molar-refractivity contribution is -0.147. The molecular formula is C15H22O5. The second-order valence-electron chi connectivity index (χ2n) is 6.58. The Kier molecular flexibility index (Phi) is 3.89. The topological polar surface area (TPSA) is 80.7 Å². The minimum atomic E-state index is -0.854. The van der Waals surface area contributed by atoms with Crippen molar-refractivity contribution in [1.82, 2.24) is 0 Å². The van der Waals surface area contributed by atoms with Crippen LogP contribution in [0.15, 0.2) is 0 Å². The molecule has 5 heteroatoms. The largest absolute Gasteiger partial charge is 0.481 e. The zero-order valence-electron chi connectivity index (χ0n) is 12.2. The van der Waals surface area contributed by atoms with Crippen LogP contribution in [0.2, 0.25) is 0 Å². The summed E-state index contributed by atoms with van der Waals surface area (Å²) in [7, 11) is 0. The Bertz CT molecular complexity index is 444. The molecule has 1 N–H and O–H groups in total. The zero-order chi connectivity index (χ0) is 15.1. The first-order valence-corrected chi connectivity index (χ1v) is 7.17. The van der Waals surface area contributed by atoms with Gasteiger partial charge < -0.3 is 9.84 Å². The van der Waals surface area contributed by atoms with E-state index in [1.807, 2.05) is 13.8 Å². The van der Waals surface area contributed by atoms with E-state index < -0.39 is 11.4 Å². The lowest BCUT2D eigenvalue weighted by Crippen LogP contribution is -2.44. The van der Waals surface area contributed by atoms with Crippen LogP contribution in [0.4, 0.5) is 0 Å². The first-order valence-electron chi connectivity index (χ1n) is 7.17. The molecule has 5 atom stereocenters. The van der Waals surface area contributed by atoms with Crippen LogP contribution in [0.5, 0.6) is 0 Å². The molecule has 0 aromatic heterocycles. The van der Waals surface area contributed by atoms with Crippen molar-refractivity contribution in [2.24, 2.45) is 23.2 Å². The molecule has 0 aromatic carbocycles. The van der Waals surface area contributed by atoms with Gasteiger partial charge in [0.1, 0.15) is 11.9 Å². The van der Waals surface area contributed by atoms with Gasteiger partial charge in [-0.3, -0.25) is 14.4 Å². The normalized spacial score (nSPS) is 40.0. The molecule has 1 aliphatic carbocycles. The summed E-state index contributed by atoms with van der Waals surface area (Å²) in [6, 6.07) is 0. The summed E-state index contributed by atoms with van der Waals surface area (Å²) in [5.41, 5.74) is -0.393. The van der Waals surface area contributed by atoms with E-state index in [1.54, 1.807) is 6.92 Å². The molecule has 0 aromatic rings. The number of carbonyl (C=O) groups is 3. The molecule has 0 bridgehead atoms. The van der Waals surface area contributed by atoms with E-state index in [2.05, 4.69) is 0 Å². The Morgan fingerprint density at radius 2 is 2.10 bits per heavy atom. The second-order valence-corrected chi connectivity index (χ2v) is 6.58. The van der Waals surface area contributed by atoms with Crippen LogP contribution in [0.25, 0.3) is 0 Å². The molecule has 20 heavy (non-hydrogen) atoms. The van der Waals surface area contributed by atoms with Gasteiger partial charge in [-0.1, -0.05) is 13.8 Å². The summed E-state index contributed by atoms with van der Waals surface area (Å²) in [5, 5.41) is 8.88. The molecule has 1 saturated carbocycles. The predicted octanol–water partition coefficient (Wildman–Crippen LogP) is 2.03. The SMILES string of the molecule is CC(=O)[C@@H]1C[C@H]2[C@@H](C[C@@]1(C)CCC(=O)O)OC(=O)[C@@H]2C. The quantitative estimate of drug-likeness (QED) is 0.798. The second kappa shape index (κ2) is 5.19. The highest BCUT2D eigenvalue weighted by molar-refractivity contribution is 5.80. The van der Waals surface area contributed by atoms with Gasteiger partial charge in [-0.2, -0.15) is 0 Å². The fourth-order valence-corrected chi connectivity index (χ4v) is 3.87. The van der Waals surface area contributed by atoms with Gasteiger partial charge in [-0.15, -0.1) is 0 Å². The van der Waals surface area contributed by atoms with Gasteiger partial charge in [-0.05, 0) is 31.6 Å². The molecule has 5 nitrogen and oxygen atoms in total. The Morgan fingerprint density at radius 3 is 2.65 bits per heavy atom. The fraction of sp³-hybridized carbons (Fsp3) is 0.800. The van der Waals surface area contributed by atoms with Crippen LogP contribution < -0.4 is 0 Å². The van der Waals surface area contributed by atoms with Crippen molar-refractivity contribution in [3.8, 4) is 0 Å². The van der Waals surface area contributed by atoms with Gasteiger partial charge in [0.2, 0.25) is 0 Å². The molecule has 1 heterocycles. The maximum atomic E-state index is 12.0. The summed E-state index contributed by atoms with van der Waals surface area (Å²) in [4.78, 5) is 34.5. The minimum absolute atomic E-state index is 0.0428. The summed E-state index contributed by atoms with van der Waals surface area (Å²) >= 11 is 0.